The minimum atomic E-state index is 0.339. The summed E-state index contributed by atoms with van der Waals surface area (Å²) in [5.41, 5.74) is 5.51. The fourth-order valence-corrected chi connectivity index (χ4v) is 3.44. The van der Waals surface area contributed by atoms with Gasteiger partial charge in [-0.1, -0.05) is 0 Å². The largest absolute Gasteiger partial charge is 0.387 e. The molecule has 2 atom stereocenters. The molecular weight excluding hydrogens is 182 g/mol. The number of hydrogen-bond donors (Lipinski definition) is 2. The second-order valence-electron chi connectivity index (χ2n) is 3.95. The van der Waals surface area contributed by atoms with Crippen molar-refractivity contribution in [2.75, 3.05) is 24.6 Å². The minimum absolute atomic E-state index is 0.339. The van der Waals surface area contributed by atoms with Gasteiger partial charge < -0.3 is 5.73 Å². The number of nitrogens with one attached hydrogen (secondary N) is 1. The summed E-state index contributed by atoms with van der Waals surface area (Å²) in [5, 5.41) is 7.40. The van der Waals surface area contributed by atoms with Gasteiger partial charge in [0.1, 0.15) is 0 Å². The number of amidine groups is 1. The van der Waals surface area contributed by atoms with Gasteiger partial charge in [0.05, 0.1) is 5.84 Å². The molecule has 0 bridgehead atoms. The predicted octanol–water partition coefficient (Wildman–Crippen LogP) is 0.750. The first kappa shape index (κ1) is 9.34. The van der Waals surface area contributed by atoms with Crippen LogP contribution in [0.2, 0.25) is 0 Å². The molecule has 13 heavy (non-hydrogen) atoms. The van der Waals surface area contributed by atoms with E-state index in [2.05, 4.69) is 16.7 Å². The molecule has 2 fully saturated rings. The molecule has 2 aliphatic rings. The Bertz CT molecular complexity index is 201. The van der Waals surface area contributed by atoms with Crippen LogP contribution in [0.25, 0.3) is 0 Å². The van der Waals surface area contributed by atoms with Crippen molar-refractivity contribution in [3.8, 4) is 0 Å². The Morgan fingerprint density at radius 3 is 2.85 bits per heavy atom. The number of nitrogens with zero attached hydrogens (tertiary/aromatic N) is 1. The molecule has 0 amide bonds. The lowest BCUT2D eigenvalue weighted by atomic mass is 10.1. The van der Waals surface area contributed by atoms with Crippen LogP contribution in [0.5, 0.6) is 0 Å². The van der Waals surface area contributed by atoms with Gasteiger partial charge in [-0.15, -0.1) is 0 Å². The first-order valence-electron chi connectivity index (χ1n) is 4.93. The van der Waals surface area contributed by atoms with Gasteiger partial charge in [-0.2, -0.15) is 11.8 Å². The molecular formula is C9H17N3S. The van der Waals surface area contributed by atoms with Crippen molar-refractivity contribution in [2.45, 2.75) is 18.9 Å². The average Bonchev–Trinajstić information content (AvgIpc) is 2.75. The maximum atomic E-state index is 7.40. The molecule has 2 unspecified atom stereocenters. The van der Waals surface area contributed by atoms with E-state index in [0.717, 1.165) is 25.6 Å². The Morgan fingerprint density at radius 2 is 2.31 bits per heavy atom. The van der Waals surface area contributed by atoms with E-state index in [1.54, 1.807) is 0 Å². The van der Waals surface area contributed by atoms with Gasteiger partial charge in [-0.3, -0.25) is 10.3 Å². The molecule has 2 saturated heterocycles. The standard InChI is InChI=1S/C9H17N3S/c10-9(11)7-1-3-12(5-7)8-2-4-13-6-8/h7-8H,1-6H2,(H3,10,11). The van der Waals surface area contributed by atoms with Crippen LogP contribution in [0.15, 0.2) is 0 Å². The summed E-state index contributed by atoms with van der Waals surface area (Å²) >= 11 is 2.05. The predicted molar refractivity (Wildman–Crippen MR) is 57.3 cm³/mol. The monoisotopic (exact) mass is 199 g/mol. The lowest BCUT2D eigenvalue weighted by Crippen LogP contribution is -2.34. The highest BCUT2D eigenvalue weighted by Gasteiger charge is 2.31. The Kier molecular flexibility index (Phi) is 2.79. The fourth-order valence-electron chi connectivity index (χ4n) is 2.18. The van der Waals surface area contributed by atoms with Gasteiger partial charge in [-0.25, -0.2) is 0 Å². The third-order valence-corrected chi connectivity index (χ3v) is 4.23. The Labute approximate surface area is 83.6 Å². The summed E-state index contributed by atoms with van der Waals surface area (Å²) in [6, 6.07) is 0.773. The van der Waals surface area contributed by atoms with E-state index in [1.807, 2.05) is 0 Å². The Balaban J connectivity index is 1.86. The summed E-state index contributed by atoms with van der Waals surface area (Å²) in [6.45, 7) is 2.18. The lowest BCUT2D eigenvalue weighted by molar-refractivity contribution is 0.260. The highest BCUT2D eigenvalue weighted by Crippen LogP contribution is 2.27. The number of nitrogens with two attached hydrogens (primary N) is 1. The highest BCUT2D eigenvalue weighted by atomic mass is 32.2. The summed E-state index contributed by atoms with van der Waals surface area (Å²) in [5.74, 6) is 3.31. The quantitative estimate of drug-likeness (QED) is 0.510. The van der Waals surface area contributed by atoms with Crippen LogP contribution in [0.1, 0.15) is 12.8 Å². The molecule has 0 aromatic rings. The smallest absolute Gasteiger partial charge is 0.0950 e. The molecule has 0 aromatic heterocycles. The molecule has 2 aliphatic heterocycles. The van der Waals surface area contributed by atoms with Crippen LogP contribution in [-0.2, 0) is 0 Å². The van der Waals surface area contributed by atoms with Crippen molar-refractivity contribution in [1.29, 1.82) is 5.41 Å². The average molecular weight is 199 g/mol. The van der Waals surface area contributed by atoms with Crippen molar-refractivity contribution in [3.05, 3.63) is 0 Å². The minimum Gasteiger partial charge on any atom is -0.387 e. The molecule has 0 aromatic carbocycles. The molecule has 0 aliphatic carbocycles. The van der Waals surface area contributed by atoms with Gasteiger partial charge in [-0.05, 0) is 25.1 Å². The van der Waals surface area contributed by atoms with Crippen LogP contribution >= 0.6 is 11.8 Å². The summed E-state index contributed by atoms with van der Waals surface area (Å²) < 4.78 is 0. The van der Waals surface area contributed by atoms with Gasteiger partial charge >= 0.3 is 0 Å². The third kappa shape index (κ3) is 1.99. The van der Waals surface area contributed by atoms with Crippen molar-refractivity contribution >= 4 is 17.6 Å². The van der Waals surface area contributed by atoms with Crippen molar-refractivity contribution in [1.82, 2.24) is 4.90 Å². The summed E-state index contributed by atoms with van der Waals surface area (Å²) in [6.07, 6.45) is 2.42. The van der Waals surface area contributed by atoms with E-state index in [-0.39, 0.29) is 0 Å². The van der Waals surface area contributed by atoms with Crippen LogP contribution in [0, 0.1) is 11.3 Å². The first-order chi connectivity index (χ1) is 6.27. The SMILES string of the molecule is N=C(N)C1CCN(C2CCSC2)C1. The molecule has 0 radical (unpaired) electrons. The van der Waals surface area contributed by atoms with Crippen LogP contribution < -0.4 is 5.73 Å². The molecule has 4 heteroatoms. The van der Waals surface area contributed by atoms with Crippen molar-refractivity contribution < 1.29 is 0 Å². The zero-order chi connectivity index (χ0) is 9.26. The van der Waals surface area contributed by atoms with E-state index in [0.29, 0.717) is 11.8 Å². The van der Waals surface area contributed by atoms with E-state index < -0.39 is 0 Å². The van der Waals surface area contributed by atoms with Gasteiger partial charge in [0.2, 0.25) is 0 Å². The van der Waals surface area contributed by atoms with E-state index >= 15 is 0 Å². The molecule has 74 valence electrons. The molecule has 3 nitrogen and oxygen atoms in total. The van der Waals surface area contributed by atoms with Crippen molar-refractivity contribution in [2.24, 2.45) is 11.7 Å². The number of rotatable bonds is 2. The molecule has 3 N–H and O–H groups in total. The van der Waals surface area contributed by atoms with E-state index in [9.17, 15) is 0 Å². The maximum Gasteiger partial charge on any atom is 0.0950 e. The second kappa shape index (κ2) is 3.88. The number of likely N-dealkylation sites (tertiary alicyclic amines) is 1. The van der Waals surface area contributed by atoms with Gasteiger partial charge in [0.25, 0.3) is 0 Å². The van der Waals surface area contributed by atoms with Crippen LogP contribution in [-0.4, -0.2) is 41.4 Å². The molecule has 0 saturated carbocycles. The van der Waals surface area contributed by atoms with E-state index in [1.165, 1.54) is 17.9 Å². The van der Waals surface area contributed by atoms with Gasteiger partial charge in [0, 0.05) is 24.3 Å². The molecule has 0 spiro atoms. The summed E-state index contributed by atoms with van der Waals surface area (Å²) in [7, 11) is 0. The first-order valence-corrected chi connectivity index (χ1v) is 6.08. The maximum absolute atomic E-state index is 7.40. The normalized spacial score (nSPS) is 35.4. The second-order valence-corrected chi connectivity index (χ2v) is 5.10. The van der Waals surface area contributed by atoms with Crippen LogP contribution in [0.3, 0.4) is 0 Å². The van der Waals surface area contributed by atoms with E-state index in [4.69, 9.17) is 11.1 Å². The number of thioether (sulfide) groups is 1. The fraction of sp³-hybridized carbons (Fsp3) is 0.889. The van der Waals surface area contributed by atoms with Crippen molar-refractivity contribution in [3.63, 3.8) is 0 Å². The zero-order valence-electron chi connectivity index (χ0n) is 7.83. The number of hydrogen-bond acceptors (Lipinski definition) is 3. The van der Waals surface area contributed by atoms with Gasteiger partial charge in [0.15, 0.2) is 0 Å². The van der Waals surface area contributed by atoms with Crippen LogP contribution in [0.4, 0.5) is 0 Å². The molecule has 2 heterocycles. The summed E-state index contributed by atoms with van der Waals surface area (Å²) in [4.78, 5) is 2.52. The Morgan fingerprint density at radius 1 is 1.46 bits per heavy atom. The Hall–Kier alpha value is -0.220. The topological polar surface area (TPSA) is 53.1 Å². The molecule has 2 rings (SSSR count). The third-order valence-electron chi connectivity index (χ3n) is 3.08. The zero-order valence-corrected chi connectivity index (χ0v) is 8.65. The lowest BCUT2D eigenvalue weighted by Gasteiger charge is -2.22. The highest BCUT2D eigenvalue weighted by molar-refractivity contribution is 7.99.